The first-order valence-corrected chi connectivity index (χ1v) is 7.16. The molecule has 1 amide bonds. The van der Waals surface area contributed by atoms with Gasteiger partial charge < -0.3 is 10.3 Å². The molecule has 1 aromatic heterocycles. The van der Waals surface area contributed by atoms with E-state index in [1.165, 1.54) is 6.07 Å². The molecule has 3 aromatic rings. The minimum atomic E-state index is -0.271. The first-order valence-electron chi connectivity index (χ1n) is 7.16. The monoisotopic (exact) mass is 297 g/mol. The van der Waals surface area contributed by atoms with Crippen LogP contribution in [0.25, 0.3) is 11.0 Å². The summed E-state index contributed by atoms with van der Waals surface area (Å²) < 4.78 is 13.5. The molecule has 0 aliphatic rings. The number of benzene rings is 2. The fraction of sp³-hybridized carbons (Fsp3) is 0.176. The number of H-pyrrole nitrogens is 1. The van der Waals surface area contributed by atoms with Crippen molar-refractivity contribution in [2.75, 3.05) is 0 Å². The molecule has 0 aliphatic heterocycles. The summed E-state index contributed by atoms with van der Waals surface area (Å²) in [7, 11) is 0. The number of nitrogens with zero attached hydrogens (tertiary/aromatic N) is 1. The fourth-order valence-corrected chi connectivity index (χ4v) is 2.31. The largest absolute Gasteiger partial charge is 0.349 e. The van der Waals surface area contributed by atoms with Gasteiger partial charge in [-0.3, -0.25) is 4.79 Å². The van der Waals surface area contributed by atoms with Gasteiger partial charge in [-0.1, -0.05) is 30.3 Å². The van der Waals surface area contributed by atoms with Crippen molar-refractivity contribution in [2.24, 2.45) is 0 Å². The third-order valence-electron chi connectivity index (χ3n) is 3.47. The summed E-state index contributed by atoms with van der Waals surface area (Å²) in [5, 5.41) is 2.79. The van der Waals surface area contributed by atoms with Crippen LogP contribution in [0.5, 0.6) is 0 Å². The number of para-hydroxylation sites is 2. The van der Waals surface area contributed by atoms with Crippen molar-refractivity contribution >= 4 is 16.9 Å². The highest BCUT2D eigenvalue weighted by Gasteiger charge is 2.07. The van der Waals surface area contributed by atoms with Gasteiger partial charge in [-0.25, -0.2) is 9.37 Å². The molecule has 0 saturated heterocycles. The van der Waals surface area contributed by atoms with E-state index in [9.17, 15) is 9.18 Å². The Bertz CT molecular complexity index is 764. The number of hydrogen-bond donors (Lipinski definition) is 2. The molecule has 112 valence electrons. The number of hydrogen-bond acceptors (Lipinski definition) is 2. The molecule has 0 spiro atoms. The predicted molar refractivity (Wildman–Crippen MR) is 82.7 cm³/mol. The van der Waals surface area contributed by atoms with Gasteiger partial charge in [-0.2, -0.15) is 0 Å². The fourth-order valence-electron chi connectivity index (χ4n) is 2.31. The van der Waals surface area contributed by atoms with Crippen LogP contribution in [0.15, 0.2) is 48.5 Å². The number of halogens is 1. The Morgan fingerprint density at radius 2 is 1.91 bits per heavy atom. The van der Waals surface area contributed by atoms with Crippen LogP contribution in [0.3, 0.4) is 0 Å². The minimum absolute atomic E-state index is 0.122. The zero-order valence-electron chi connectivity index (χ0n) is 12.0. The van der Waals surface area contributed by atoms with Crippen LogP contribution in [0, 0.1) is 5.82 Å². The lowest BCUT2D eigenvalue weighted by atomic mass is 10.1. The molecule has 0 unspecified atom stereocenters. The minimum Gasteiger partial charge on any atom is -0.349 e. The summed E-state index contributed by atoms with van der Waals surface area (Å²) in [5.41, 5.74) is 2.37. The van der Waals surface area contributed by atoms with Gasteiger partial charge in [0.15, 0.2) is 0 Å². The van der Waals surface area contributed by atoms with Crippen LogP contribution in [0.1, 0.15) is 17.8 Å². The zero-order valence-corrected chi connectivity index (χ0v) is 12.0. The molecule has 0 fully saturated rings. The Kier molecular flexibility index (Phi) is 4.14. The van der Waals surface area contributed by atoms with Crippen LogP contribution in [-0.2, 0) is 17.8 Å². The van der Waals surface area contributed by atoms with E-state index < -0.39 is 0 Å². The lowest BCUT2D eigenvalue weighted by molar-refractivity contribution is -0.121. The molecule has 4 nitrogen and oxygen atoms in total. The van der Waals surface area contributed by atoms with Gasteiger partial charge >= 0.3 is 0 Å². The highest BCUT2D eigenvalue weighted by molar-refractivity contribution is 5.77. The van der Waals surface area contributed by atoms with Gasteiger partial charge in [0.1, 0.15) is 11.6 Å². The maximum Gasteiger partial charge on any atom is 0.220 e. The van der Waals surface area contributed by atoms with Crippen molar-refractivity contribution < 1.29 is 9.18 Å². The number of nitrogens with one attached hydrogen (secondary N) is 2. The normalized spacial score (nSPS) is 10.8. The summed E-state index contributed by atoms with van der Waals surface area (Å²) in [6.45, 7) is 0.338. The maximum atomic E-state index is 13.5. The molecule has 0 aliphatic carbocycles. The number of imidazole rings is 1. The number of carbonyl (C=O) groups is 1. The third-order valence-corrected chi connectivity index (χ3v) is 3.47. The summed E-state index contributed by atoms with van der Waals surface area (Å²) in [4.78, 5) is 19.4. The number of fused-ring (bicyclic) bond motifs is 1. The molecule has 5 heteroatoms. The maximum absolute atomic E-state index is 13.5. The SMILES string of the molecule is O=C(CCc1ccccc1F)NCc1nc2ccccc2[nH]1. The zero-order chi connectivity index (χ0) is 15.4. The number of carbonyl (C=O) groups excluding carboxylic acids is 1. The molecule has 0 atom stereocenters. The Balaban J connectivity index is 1.53. The van der Waals surface area contributed by atoms with E-state index in [2.05, 4.69) is 15.3 Å². The van der Waals surface area contributed by atoms with Gasteiger partial charge in [0.2, 0.25) is 5.91 Å². The van der Waals surface area contributed by atoms with Crippen molar-refractivity contribution in [2.45, 2.75) is 19.4 Å². The molecule has 22 heavy (non-hydrogen) atoms. The Morgan fingerprint density at radius 3 is 2.73 bits per heavy atom. The molecule has 3 rings (SSSR count). The van der Waals surface area contributed by atoms with Crippen molar-refractivity contribution in [1.82, 2.24) is 15.3 Å². The first-order chi connectivity index (χ1) is 10.7. The molecule has 2 aromatic carbocycles. The second kappa shape index (κ2) is 6.39. The molecule has 0 radical (unpaired) electrons. The topological polar surface area (TPSA) is 57.8 Å². The lowest BCUT2D eigenvalue weighted by Gasteiger charge is -2.04. The number of aryl methyl sites for hydroxylation is 1. The molecular weight excluding hydrogens is 281 g/mol. The molecular formula is C17H16FN3O. The number of aromatic nitrogens is 2. The summed E-state index contributed by atoms with van der Waals surface area (Å²) >= 11 is 0. The van der Waals surface area contributed by atoms with E-state index in [0.717, 1.165) is 11.0 Å². The first kappa shape index (κ1) is 14.3. The van der Waals surface area contributed by atoms with Crippen LogP contribution in [0.2, 0.25) is 0 Å². The number of rotatable bonds is 5. The van der Waals surface area contributed by atoms with E-state index in [1.54, 1.807) is 18.2 Å². The van der Waals surface area contributed by atoms with Gasteiger partial charge in [0.05, 0.1) is 17.6 Å². The molecule has 0 bridgehead atoms. The van der Waals surface area contributed by atoms with E-state index >= 15 is 0 Å². The highest BCUT2D eigenvalue weighted by atomic mass is 19.1. The van der Waals surface area contributed by atoms with E-state index in [0.29, 0.717) is 24.4 Å². The molecule has 1 heterocycles. The summed E-state index contributed by atoms with van der Waals surface area (Å²) in [6, 6.07) is 14.2. The third kappa shape index (κ3) is 3.31. The lowest BCUT2D eigenvalue weighted by Crippen LogP contribution is -2.23. The number of aromatic amines is 1. The predicted octanol–water partition coefficient (Wildman–Crippen LogP) is 2.95. The number of amides is 1. The smallest absolute Gasteiger partial charge is 0.220 e. The highest BCUT2D eigenvalue weighted by Crippen LogP contribution is 2.11. The van der Waals surface area contributed by atoms with Crippen molar-refractivity contribution in [3.8, 4) is 0 Å². The second-order valence-corrected chi connectivity index (χ2v) is 5.07. The Morgan fingerprint density at radius 1 is 1.14 bits per heavy atom. The van der Waals surface area contributed by atoms with Crippen LogP contribution >= 0.6 is 0 Å². The van der Waals surface area contributed by atoms with Gasteiger partial charge in [0.25, 0.3) is 0 Å². The average Bonchev–Trinajstić information content (AvgIpc) is 2.95. The van der Waals surface area contributed by atoms with Crippen LogP contribution < -0.4 is 5.32 Å². The van der Waals surface area contributed by atoms with Gasteiger partial charge in [-0.15, -0.1) is 0 Å². The van der Waals surface area contributed by atoms with E-state index in [4.69, 9.17) is 0 Å². The Hall–Kier alpha value is -2.69. The Labute approximate surface area is 127 Å². The molecule has 2 N–H and O–H groups in total. The average molecular weight is 297 g/mol. The van der Waals surface area contributed by atoms with Crippen LogP contribution in [-0.4, -0.2) is 15.9 Å². The molecule has 0 saturated carbocycles. The van der Waals surface area contributed by atoms with Crippen molar-refractivity contribution in [3.63, 3.8) is 0 Å². The summed E-state index contributed by atoms with van der Waals surface area (Å²) in [5.74, 6) is 0.316. The van der Waals surface area contributed by atoms with Gasteiger partial charge in [0, 0.05) is 6.42 Å². The van der Waals surface area contributed by atoms with E-state index in [-0.39, 0.29) is 18.1 Å². The van der Waals surface area contributed by atoms with Crippen molar-refractivity contribution in [3.05, 3.63) is 65.7 Å². The van der Waals surface area contributed by atoms with Gasteiger partial charge in [-0.05, 0) is 30.2 Å². The standard InChI is InChI=1S/C17H16FN3O/c18-13-6-2-1-5-12(13)9-10-17(22)19-11-16-20-14-7-3-4-8-15(14)21-16/h1-8H,9-11H2,(H,19,22)(H,20,21). The van der Waals surface area contributed by atoms with E-state index in [1.807, 2.05) is 24.3 Å². The quantitative estimate of drug-likeness (QED) is 0.760. The van der Waals surface area contributed by atoms with Crippen molar-refractivity contribution in [1.29, 1.82) is 0 Å². The second-order valence-electron chi connectivity index (χ2n) is 5.07. The van der Waals surface area contributed by atoms with Crippen LogP contribution in [0.4, 0.5) is 4.39 Å². The summed E-state index contributed by atoms with van der Waals surface area (Å²) in [6.07, 6.45) is 0.639.